The van der Waals surface area contributed by atoms with Crippen LogP contribution in [-0.4, -0.2) is 60.0 Å². The van der Waals surface area contributed by atoms with Gasteiger partial charge in [-0.05, 0) is 78.5 Å². The summed E-state index contributed by atoms with van der Waals surface area (Å²) in [4.78, 5) is 15.4. The molecule has 2 fully saturated rings. The van der Waals surface area contributed by atoms with Gasteiger partial charge in [-0.1, -0.05) is 42.8 Å². The van der Waals surface area contributed by atoms with Crippen molar-refractivity contribution in [3.8, 4) is 5.69 Å². The minimum atomic E-state index is -0.246. The summed E-state index contributed by atoms with van der Waals surface area (Å²) in [6.45, 7) is 7.95. The van der Waals surface area contributed by atoms with Gasteiger partial charge in [0, 0.05) is 39.3 Å². The van der Waals surface area contributed by atoms with Gasteiger partial charge in [0.05, 0.1) is 23.6 Å². The van der Waals surface area contributed by atoms with E-state index in [9.17, 15) is 9.18 Å². The number of hydrogen-bond acceptors (Lipinski definition) is 4. The Labute approximate surface area is 235 Å². The van der Waals surface area contributed by atoms with Gasteiger partial charge in [-0.3, -0.25) is 4.90 Å². The zero-order valence-corrected chi connectivity index (χ0v) is 23.2. The van der Waals surface area contributed by atoms with E-state index < -0.39 is 0 Å². The average molecular weight is 543 g/mol. The number of urea groups is 1. The van der Waals surface area contributed by atoms with E-state index in [1.54, 1.807) is 12.1 Å². The molecule has 2 amide bonds. The summed E-state index contributed by atoms with van der Waals surface area (Å²) in [6, 6.07) is 16.7. The quantitative estimate of drug-likeness (QED) is 0.386. The Bertz CT molecular complexity index is 1350. The minimum absolute atomic E-state index is 0.0111. The molecule has 7 nitrogen and oxygen atoms in total. The number of aromatic nitrogens is 2. The third-order valence-corrected chi connectivity index (χ3v) is 9.17. The Balaban J connectivity index is 1.16. The summed E-state index contributed by atoms with van der Waals surface area (Å²) in [5.74, 6) is 0.177. The molecule has 2 aliphatic carbocycles. The van der Waals surface area contributed by atoms with Crippen LogP contribution >= 0.6 is 0 Å². The number of carbonyl (C=O) groups is 1. The molecule has 6 rings (SSSR count). The number of rotatable bonds is 8. The molecule has 0 spiro atoms. The number of allylic oxidation sites excluding steroid dienone is 1. The van der Waals surface area contributed by atoms with Gasteiger partial charge in [0.25, 0.3) is 0 Å². The zero-order valence-electron chi connectivity index (χ0n) is 23.2. The number of nitrogens with one attached hydrogen (secondary N) is 3. The molecular formula is C32H39FN6O. The van der Waals surface area contributed by atoms with E-state index in [2.05, 4.69) is 51.1 Å². The largest absolute Gasteiger partial charge is 0.337 e. The minimum Gasteiger partial charge on any atom is -0.337 e. The van der Waals surface area contributed by atoms with E-state index in [4.69, 9.17) is 0 Å². The third-order valence-electron chi connectivity index (χ3n) is 9.17. The van der Waals surface area contributed by atoms with E-state index in [0.717, 1.165) is 75.4 Å². The number of halogens is 1. The SMILES string of the molecule is CC12Cc3cnn(-c4ccc(F)cc4)c3C=C1CCC2CC(NC(=O)NCCN1CCNCC1)c1ccccc1. The standard InChI is InChI=1S/C32H39FN6O/c1-32-21-24-22-36-39(28-11-9-27(33)10-12-28)30(24)20-26(32)8-7-25(32)19-29(23-5-3-2-4-6-23)37-31(40)35-15-18-38-16-13-34-14-17-38/h2-6,9-12,20,22,25,29,34H,7-8,13-19,21H2,1H3,(H2,35,37,40). The van der Waals surface area contributed by atoms with Crippen LogP contribution in [0.5, 0.6) is 0 Å². The normalized spacial score (nSPS) is 23.1. The lowest BCUT2D eigenvalue weighted by molar-refractivity contribution is 0.211. The van der Waals surface area contributed by atoms with E-state index in [1.807, 2.05) is 29.1 Å². The lowest BCUT2D eigenvalue weighted by Gasteiger charge is -2.37. The number of hydrogen-bond donors (Lipinski definition) is 3. The van der Waals surface area contributed by atoms with Crippen molar-refractivity contribution in [2.45, 2.75) is 38.6 Å². The lowest BCUT2D eigenvalue weighted by Crippen LogP contribution is -2.47. The highest BCUT2D eigenvalue weighted by Crippen LogP contribution is 2.55. The van der Waals surface area contributed by atoms with Crippen LogP contribution in [-0.2, 0) is 6.42 Å². The van der Waals surface area contributed by atoms with Crippen LogP contribution in [0.25, 0.3) is 11.8 Å². The molecule has 1 aromatic heterocycles. The molecular weight excluding hydrogens is 503 g/mol. The first-order chi connectivity index (χ1) is 19.5. The summed E-state index contributed by atoms with van der Waals surface area (Å²) in [7, 11) is 0. The van der Waals surface area contributed by atoms with Crippen LogP contribution in [0.1, 0.15) is 49.0 Å². The zero-order chi connectivity index (χ0) is 27.5. The lowest BCUT2D eigenvalue weighted by atomic mass is 9.68. The van der Waals surface area contributed by atoms with Gasteiger partial charge in [-0.25, -0.2) is 13.9 Å². The van der Waals surface area contributed by atoms with Crippen LogP contribution in [0.15, 0.2) is 66.4 Å². The highest BCUT2D eigenvalue weighted by atomic mass is 19.1. The van der Waals surface area contributed by atoms with E-state index in [1.165, 1.54) is 23.3 Å². The second kappa shape index (κ2) is 11.6. The average Bonchev–Trinajstić information content (AvgIpc) is 3.52. The van der Waals surface area contributed by atoms with Gasteiger partial charge in [0.2, 0.25) is 0 Å². The molecule has 0 radical (unpaired) electrons. The molecule has 3 aromatic rings. The number of amides is 2. The van der Waals surface area contributed by atoms with Gasteiger partial charge >= 0.3 is 6.03 Å². The summed E-state index contributed by atoms with van der Waals surface area (Å²) in [5, 5.41) is 14.4. The van der Waals surface area contributed by atoms with Crippen molar-refractivity contribution < 1.29 is 9.18 Å². The number of nitrogens with zero attached hydrogens (tertiary/aromatic N) is 3. The van der Waals surface area contributed by atoms with Crippen molar-refractivity contribution in [3.63, 3.8) is 0 Å². The van der Waals surface area contributed by atoms with Gasteiger partial charge < -0.3 is 16.0 Å². The fourth-order valence-electron chi connectivity index (χ4n) is 6.82. The number of piperazine rings is 1. The van der Waals surface area contributed by atoms with Gasteiger partial charge in [0.1, 0.15) is 5.82 Å². The number of fused-ring (bicyclic) bond motifs is 2. The Morgan fingerprint density at radius 3 is 2.70 bits per heavy atom. The first kappa shape index (κ1) is 26.7. The van der Waals surface area contributed by atoms with Crippen LogP contribution in [0, 0.1) is 17.2 Å². The van der Waals surface area contributed by atoms with Crippen molar-refractivity contribution in [1.82, 2.24) is 30.6 Å². The van der Waals surface area contributed by atoms with Crippen LogP contribution in [0.2, 0.25) is 0 Å². The first-order valence-electron chi connectivity index (χ1n) is 14.6. The smallest absolute Gasteiger partial charge is 0.315 e. The van der Waals surface area contributed by atoms with Crippen molar-refractivity contribution in [2.75, 3.05) is 39.3 Å². The third kappa shape index (κ3) is 5.56. The first-order valence-corrected chi connectivity index (χ1v) is 14.6. The molecule has 1 aliphatic heterocycles. The molecule has 1 saturated heterocycles. The van der Waals surface area contributed by atoms with Crippen molar-refractivity contribution >= 4 is 12.1 Å². The Morgan fingerprint density at radius 1 is 1.15 bits per heavy atom. The number of benzene rings is 2. The maximum Gasteiger partial charge on any atom is 0.315 e. The molecule has 8 heteroatoms. The molecule has 0 bridgehead atoms. The molecule has 2 aromatic carbocycles. The highest BCUT2D eigenvalue weighted by Gasteiger charge is 2.46. The van der Waals surface area contributed by atoms with E-state index >= 15 is 0 Å². The predicted octanol–water partition coefficient (Wildman–Crippen LogP) is 4.70. The van der Waals surface area contributed by atoms with Crippen molar-refractivity contribution in [3.05, 3.63) is 89.0 Å². The molecule has 3 unspecified atom stereocenters. The summed E-state index contributed by atoms with van der Waals surface area (Å²) in [6.07, 6.45) is 8.19. The summed E-state index contributed by atoms with van der Waals surface area (Å²) in [5.41, 5.74) is 5.78. The summed E-state index contributed by atoms with van der Waals surface area (Å²) >= 11 is 0. The Morgan fingerprint density at radius 2 is 1.93 bits per heavy atom. The van der Waals surface area contributed by atoms with Gasteiger partial charge in [-0.2, -0.15) is 5.10 Å². The molecule has 40 heavy (non-hydrogen) atoms. The Kier molecular flexibility index (Phi) is 7.71. The maximum atomic E-state index is 13.5. The second-order valence-corrected chi connectivity index (χ2v) is 11.6. The van der Waals surface area contributed by atoms with Gasteiger partial charge in [0.15, 0.2) is 0 Å². The van der Waals surface area contributed by atoms with Crippen molar-refractivity contribution in [1.29, 1.82) is 0 Å². The van der Waals surface area contributed by atoms with E-state index in [-0.39, 0.29) is 23.3 Å². The summed E-state index contributed by atoms with van der Waals surface area (Å²) < 4.78 is 15.4. The van der Waals surface area contributed by atoms with Crippen LogP contribution in [0.3, 0.4) is 0 Å². The molecule has 3 N–H and O–H groups in total. The van der Waals surface area contributed by atoms with Crippen LogP contribution < -0.4 is 16.0 Å². The number of carbonyl (C=O) groups excluding carboxylic acids is 1. The maximum absolute atomic E-state index is 13.5. The predicted molar refractivity (Wildman–Crippen MR) is 156 cm³/mol. The molecule has 210 valence electrons. The topological polar surface area (TPSA) is 74.2 Å². The molecule has 3 aliphatic rings. The van der Waals surface area contributed by atoms with Crippen LogP contribution in [0.4, 0.5) is 9.18 Å². The van der Waals surface area contributed by atoms with Crippen molar-refractivity contribution in [2.24, 2.45) is 11.3 Å². The highest BCUT2D eigenvalue weighted by molar-refractivity contribution is 5.74. The fraction of sp³-hybridized carbons (Fsp3) is 0.438. The monoisotopic (exact) mass is 542 g/mol. The van der Waals surface area contributed by atoms with E-state index in [0.29, 0.717) is 12.5 Å². The molecule has 2 heterocycles. The molecule has 1 saturated carbocycles. The molecule has 3 atom stereocenters. The second-order valence-electron chi connectivity index (χ2n) is 11.6. The van der Waals surface area contributed by atoms with Gasteiger partial charge in [-0.15, -0.1) is 0 Å². The fourth-order valence-corrected chi connectivity index (χ4v) is 6.82. The Hall–Kier alpha value is -3.49.